The summed E-state index contributed by atoms with van der Waals surface area (Å²) in [7, 11) is 0. The Morgan fingerprint density at radius 1 is 1.06 bits per heavy atom. The summed E-state index contributed by atoms with van der Waals surface area (Å²) in [6.07, 6.45) is 3.32. The molecule has 0 radical (unpaired) electrons. The van der Waals surface area contributed by atoms with E-state index in [9.17, 15) is 8.78 Å². The maximum atomic E-state index is 13.0. The molecule has 1 aromatic heterocycles. The Hall–Kier alpha value is -1.48. The van der Waals surface area contributed by atoms with Crippen LogP contribution in [0.5, 0.6) is 0 Å². The van der Waals surface area contributed by atoms with Crippen molar-refractivity contribution in [1.82, 2.24) is 4.98 Å². The minimum atomic E-state index is -0.830. The summed E-state index contributed by atoms with van der Waals surface area (Å²) in [4.78, 5) is 3.94. The van der Waals surface area contributed by atoms with Crippen molar-refractivity contribution < 1.29 is 8.78 Å². The van der Waals surface area contributed by atoms with E-state index < -0.39 is 11.6 Å². The molecule has 1 heterocycles. The van der Waals surface area contributed by atoms with Crippen molar-refractivity contribution in [3.8, 4) is 11.1 Å². The zero-order valence-corrected chi connectivity index (χ0v) is 9.39. The molecule has 2 rings (SSSR count). The van der Waals surface area contributed by atoms with Gasteiger partial charge in [-0.2, -0.15) is 0 Å². The lowest BCUT2D eigenvalue weighted by atomic mass is 10.0. The second-order valence-electron chi connectivity index (χ2n) is 3.32. The molecule has 0 saturated heterocycles. The predicted molar refractivity (Wildman–Crippen MR) is 61.6 cm³/mol. The third-order valence-corrected chi connectivity index (χ3v) is 2.25. The first-order chi connectivity index (χ1) is 7.18. The van der Waals surface area contributed by atoms with E-state index in [1.54, 1.807) is 24.5 Å². The number of rotatable bonds is 1. The average Bonchev–Trinajstić information content (AvgIpc) is 2.23. The molecule has 0 aliphatic carbocycles. The summed E-state index contributed by atoms with van der Waals surface area (Å²) in [5.74, 6) is -1.66. The van der Waals surface area contributed by atoms with Crippen LogP contribution in [0.1, 0.15) is 5.56 Å². The van der Waals surface area contributed by atoms with E-state index in [0.29, 0.717) is 5.56 Å². The van der Waals surface area contributed by atoms with Gasteiger partial charge in [0.1, 0.15) is 0 Å². The fraction of sp³-hybridized carbons (Fsp3) is 0.0833. The first-order valence-electron chi connectivity index (χ1n) is 4.54. The quantitative estimate of drug-likeness (QED) is 0.741. The van der Waals surface area contributed by atoms with E-state index in [0.717, 1.165) is 17.2 Å². The average molecular weight is 242 g/mol. The highest BCUT2D eigenvalue weighted by Crippen LogP contribution is 2.23. The maximum Gasteiger partial charge on any atom is 0.159 e. The number of aryl methyl sites for hydroxylation is 1. The van der Waals surface area contributed by atoms with E-state index in [1.807, 2.05) is 6.92 Å². The Kier molecular flexibility index (Phi) is 3.96. The van der Waals surface area contributed by atoms with E-state index in [-0.39, 0.29) is 12.4 Å². The van der Waals surface area contributed by atoms with Crippen LogP contribution in [0.25, 0.3) is 11.1 Å². The van der Waals surface area contributed by atoms with Crippen LogP contribution in [0.3, 0.4) is 0 Å². The Morgan fingerprint density at radius 3 is 2.44 bits per heavy atom. The normalized spacial score (nSPS) is 9.69. The van der Waals surface area contributed by atoms with Crippen LogP contribution in [-0.2, 0) is 0 Å². The molecule has 4 heteroatoms. The lowest BCUT2D eigenvalue weighted by Gasteiger charge is -2.05. The Bertz CT molecular complexity index is 500. The minimum Gasteiger partial charge on any atom is -0.264 e. The zero-order chi connectivity index (χ0) is 10.8. The predicted octanol–water partition coefficient (Wildman–Crippen LogP) is 3.76. The fourth-order valence-electron chi connectivity index (χ4n) is 1.46. The lowest BCUT2D eigenvalue weighted by molar-refractivity contribution is 0.509. The first-order valence-corrected chi connectivity index (χ1v) is 4.54. The number of hydrogen-bond donors (Lipinski definition) is 0. The molecular formula is C12H10ClF2N. The highest BCUT2D eigenvalue weighted by molar-refractivity contribution is 5.85. The second-order valence-corrected chi connectivity index (χ2v) is 3.32. The Morgan fingerprint density at radius 2 is 1.81 bits per heavy atom. The molecule has 1 nitrogen and oxygen atoms in total. The van der Waals surface area contributed by atoms with Gasteiger partial charge in [0.25, 0.3) is 0 Å². The van der Waals surface area contributed by atoms with Crippen molar-refractivity contribution in [1.29, 1.82) is 0 Å². The molecular weight excluding hydrogens is 232 g/mol. The Balaban J connectivity index is 0.00000128. The van der Waals surface area contributed by atoms with Crippen LogP contribution in [0.2, 0.25) is 0 Å². The highest BCUT2D eigenvalue weighted by atomic mass is 35.5. The molecule has 0 spiro atoms. The molecule has 1 aromatic carbocycles. The molecule has 0 amide bonds. The molecule has 16 heavy (non-hydrogen) atoms. The van der Waals surface area contributed by atoms with Crippen LogP contribution in [0.4, 0.5) is 8.78 Å². The van der Waals surface area contributed by atoms with Crippen LogP contribution in [0, 0.1) is 18.6 Å². The zero-order valence-electron chi connectivity index (χ0n) is 8.58. The van der Waals surface area contributed by atoms with Gasteiger partial charge < -0.3 is 0 Å². The first kappa shape index (κ1) is 12.6. The summed E-state index contributed by atoms with van der Waals surface area (Å²) >= 11 is 0. The van der Waals surface area contributed by atoms with Crippen molar-refractivity contribution in [2.45, 2.75) is 6.92 Å². The van der Waals surface area contributed by atoms with Gasteiger partial charge in [0.05, 0.1) is 0 Å². The van der Waals surface area contributed by atoms with Crippen molar-refractivity contribution >= 4 is 12.4 Å². The number of benzene rings is 1. The highest BCUT2D eigenvalue weighted by Gasteiger charge is 2.05. The summed E-state index contributed by atoms with van der Waals surface area (Å²) in [6.45, 7) is 1.88. The van der Waals surface area contributed by atoms with E-state index >= 15 is 0 Å². The molecule has 84 valence electrons. The van der Waals surface area contributed by atoms with Gasteiger partial charge in [-0.15, -0.1) is 12.4 Å². The summed E-state index contributed by atoms with van der Waals surface area (Å²) < 4.78 is 25.7. The van der Waals surface area contributed by atoms with Gasteiger partial charge >= 0.3 is 0 Å². The molecule has 0 saturated carbocycles. The van der Waals surface area contributed by atoms with Gasteiger partial charge in [-0.1, -0.05) is 6.07 Å². The van der Waals surface area contributed by atoms with Crippen molar-refractivity contribution in [3.05, 3.63) is 53.9 Å². The molecule has 0 fully saturated rings. The molecule has 0 atom stereocenters. The Labute approximate surface area is 98.6 Å². The number of hydrogen-bond acceptors (Lipinski definition) is 1. The van der Waals surface area contributed by atoms with Crippen molar-refractivity contribution in [2.75, 3.05) is 0 Å². The van der Waals surface area contributed by atoms with Gasteiger partial charge in [0.15, 0.2) is 11.6 Å². The topological polar surface area (TPSA) is 12.9 Å². The largest absolute Gasteiger partial charge is 0.264 e. The van der Waals surface area contributed by atoms with E-state index in [1.165, 1.54) is 6.07 Å². The monoisotopic (exact) mass is 241 g/mol. The number of halogens is 3. The van der Waals surface area contributed by atoms with Crippen LogP contribution < -0.4 is 0 Å². The van der Waals surface area contributed by atoms with Gasteiger partial charge in [-0.05, 0) is 41.8 Å². The van der Waals surface area contributed by atoms with Crippen LogP contribution in [0.15, 0.2) is 36.7 Å². The lowest BCUT2D eigenvalue weighted by Crippen LogP contribution is -1.88. The van der Waals surface area contributed by atoms with E-state index in [2.05, 4.69) is 4.98 Å². The molecule has 2 aromatic rings. The standard InChI is InChI=1S/C12H9F2N.ClH/c1-8-7-15-5-4-10(8)9-2-3-11(13)12(14)6-9;/h2-7H,1H3;1H. The summed E-state index contributed by atoms with van der Waals surface area (Å²) in [6, 6.07) is 5.66. The van der Waals surface area contributed by atoms with Gasteiger partial charge in [-0.25, -0.2) is 8.78 Å². The minimum absolute atomic E-state index is 0. The SMILES string of the molecule is Cc1cnccc1-c1ccc(F)c(F)c1.Cl. The van der Waals surface area contributed by atoms with Crippen LogP contribution >= 0.6 is 12.4 Å². The fourth-order valence-corrected chi connectivity index (χ4v) is 1.46. The molecule has 0 unspecified atom stereocenters. The van der Waals surface area contributed by atoms with E-state index in [4.69, 9.17) is 0 Å². The number of aromatic nitrogens is 1. The third kappa shape index (κ3) is 2.36. The molecule has 0 N–H and O–H groups in total. The molecule has 0 aliphatic rings. The number of nitrogens with zero attached hydrogens (tertiary/aromatic N) is 1. The van der Waals surface area contributed by atoms with Gasteiger partial charge in [-0.3, -0.25) is 4.98 Å². The maximum absolute atomic E-state index is 13.0. The summed E-state index contributed by atoms with van der Waals surface area (Å²) in [5, 5.41) is 0. The second kappa shape index (κ2) is 5.03. The molecule has 0 bridgehead atoms. The smallest absolute Gasteiger partial charge is 0.159 e. The summed E-state index contributed by atoms with van der Waals surface area (Å²) in [5.41, 5.74) is 2.46. The van der Waals surface area contributed by atoms with Gasteiger partial charge in [0, 0.05) is 12.4 Å². The number of pyridine rings is 1. The van der Waals surface area contributed by atoms with Crippen LogP contribution in [-0.4, -0.2) is 4.98 Å². The molecule has 0 aliphatic heterocycles. The third-order valence-electron chi connectivity index (χ3n) is 2.25. The van der Waals surface area contributed by atoms with Gasteiger partial charge in [0.2, 0.25) is 0 Å². The van der Waals surface area contributed by atoms with Crippen molar-refractivity contribution in [3.63, 3.8) is 0 Å². The van der Waals surface area contributed by atoms with Crippen molar-refractivity contribution in [2.24, 2.45) is 0 Å².